The van der Waals surface area contributed by atoms with E-state index in [0.717, 1.165) is 15.4 Å². The summed E-state index contributed by atoms with van der Waals surface area (Å²) in [4.78, 5) is 17.4. The second kappa shape index (κ2) is 7.50. The molecule has 8 nitrogen and oxygen atoms in total. The summed E-state index contributed by atoms with van der Waals surface area (Å²) < 4.78 is 29.9. The third-order valence-electron chi connectivity index (χ3n) is 5.03. The zero-order valence-corrected chi connectivity index (χ0v) is 16.9. The van der Waals surface area contributed by atoms with E-state index in [9.17, 15) is 13.2 Å². The number of nitrogens with one attached hydrogen (secondary N) is 1. The van der Waals surface area contributed by atoms with E-state index in [4.69, 9.17) is 9.88 Å². The van der Waals surface area contributed by atoms with Gasteiger partial charge in [-0.1, -0.05) is 38.1 Å². The average Bonchev–Trinajstić information content (AvgIpc) is 2.60. The molecule has 1 aliphatic rings. The van der Waals surface area contributed by atoms with Crippen LogP contribution in [0.25, 0.3) is 0 Å². The lowest BCUT2D eigenvalue weighted by Crippen LogP contribution is -2.67. The van der Waals surface area contributed by atoms with E-state index < -0.39 is 15.6 Å². The molecule has 0 saturated carbocycles. The number of ether oxygens (including phenoxy) is 1. The number of benzene rings is 1. The Labute approximate surface area is 164 Å². The number of hydrogen-bond donors (Lipinski definition) is 2. The fourth-order valence-electron chi connectivity index (χ4n) is 3.50. The number of carbonyl (C=O) groups is 1. The monoisotopic (exact) mass is 404 g/mol. The Balaban J connectivity index is 2.03. The number of methoxy groups -OCH3 is 1. The number of rotatable bonds is 6. The predicted molar refractivity (Wildman–Crippen MR) is 106 cm³/mol. The zero-order valence-electron chi connectivity index (χ0n) is 16.0. The van der Waals surface area contributed by atoms with E-state index >= 15 is 0 Å². The van der Waals surface area contributed by atoms with Crippen LogP contribution in [0.3, 0.4) is 0 Å². The van der Waals surface area contributed by atoms with E-state index in [1.54, 1.807) is 12.3 Å². The summed E-state index contributed by atoms with van der Waals surface area (Å²) >= 11 is 0. The molecule has 0 radical (unpaired) electrons. The van der Waals surface area contributed by atoms with Gasteiger partial charge >= 0.3 is 0 Å². The number of pyridine rings is 1. The highest BCUT2D eigenvalue weighted by Gasteiger charge is 2.54. The maximum atomic E-state index is 13.4. The molecule has 2 heterocycles. The van der Waals surface area contributed by atoms with Crippen LogP contribution in [-0.4, -0.2) is 43.8 Å². The molecule has 1 amide bonds. The lowest BCUT2D eigenvalue weighted by Gasteiger charge is -2.48. The molecule has 1 aromatic heterocycles. The Hall–Kier alpha value is -2.49. The van der Waals surface area contributed by atoms with Crippen LogP contribution >= 0.6 is 0 Å². The molecular weight excluding hydrogens is 380 g/mol. The van der Waals surface area contributed by atoms with E-state index in [1.165, 1.54) is 13.3 Å². The van der Waals surface area contributed by atoms with Crippen LogP contribution in [0.5, 0.6) is 5.75 Å². The SMILES string of the molecule is COc1ccncc1NC(=O)C1(c2ccccc2C(C)C)CN(S(N)(=O)=O)C1. The van der Waals surface area contributed by atoms with Crippen molar-refractivity contribution in [3.8, 4) is 5.75 Å². The van der Waals surface area contributed by atoms with Crippen LogP contribution in [0.4, 0.5) is 5.69 Å². The standard InChI is InChI=1S/C19H24N4O4S/c1-13(2)14-6-4-5-7-15(14)19(11-23(12-19)28(20,25)26)18(24)22-16-10-21-9-8-17(16)27-3/h4-10,13H,11-12H2,1-3H3,(H,22,24)(H2,20,25,26). The van der Waals surface area contributed by atoms with Crippen molar-refractivity contribution in [2.24, 2.45) is 5.14 Å². The first kappa shape index (κ1) is 20.2. The number of anilines is 1. The molecular formula is C19H24N4O4S. The molecule has 1 fully saturated rings. The Kier molecular flexibility index (Phi) is 5.42. The van der Waals surface area contributed by atoms with Crippen LogP contribution in [0.2, 0.25) is 0 Å². The number of aromatic nitrogens is 1. The predicted octanol–water partition coefficient (Wildman–Crippen LogP) is 1.61. The third kappa shape index (κ3) is 3.60. The first-order valence-electron chi connectivity index (χ1n) is 8.86. The molecule has 1 aromatic carbocycles. The van der Waals surface area contributed by atoms with E-state index in [1.807, 2.05) is 38.1 Å². The van der Waals surface area contributed by atoms with Crippen LogP contribution in [0, 0.1) is 0 Å². The third-order valence-corrected chi connectivity index (χ3v) is 6.01. The molecule has 150 valence electrons. The summed E-state index contributed by atoms with van der Waals surface area (Å²) in [5, 5.41) is 8.12. The number of hydrogen-bond acceptors (Lipinski definition) is 5. The van der Waals surface area contributed by atoms with E-state index in [0.29, 0.717) is 11.4 Å². The maximum absolute atomic E-state index is 13.4. The van der Waals surface area contributed by atoms with Gasteiger partial charge in [-0.3, -0.25) is 9.78 Å². The molecule has 0 bridgehead atoms. The summed E-state index contributed by atoms with van der Waals surface area (Å²) in [5.74, 6) is 0.308. The summed E-state index contributed by atoms with van der Waals surface area (Å²) in [6, 6.07) is 9.22. The second-order valence-corrected chi connectivity index (χ2v) is 8.71. The highest BCUT2D eigenvalue weighted by atomic mass is 32.2. The Morgan fingerprint density at radius 2 is 1.96 bits per heavy atom. The number of nitrogens with two attached hydrogens (primary N) is 1. The van der Waals surface area contributed by atoms with Gasteiger partial charge in [0.05, 0.1) is 13.3 Å². The molecule has 3 N–H and O–H groups in total. The fourth-order valence-corrected chi connectivity index (χ4v) is 4.30. The zero-order chi connectivity index (χ0) is 20.5. The summed E-state index contributed by atoms with van der Waals surface area (Å²) in [7, 11) is -2.38. The molecule has 3 rings (SSSR count). The lowest BCUT2D eigenvalue weighted by molar-refractivity contribution is -0.125. The van der Waals surface area contributed by atoms with Crippen LogP contribution in [-0.2, 0) is 20.4 Å². The average molecular weight is 404 g/mol. The van der Waals surface area contributed by atoms with Gasteiger partial charge in [0.15, 0.2) is 0 Å². The lowest BCUT2D eigenvalue weighted by atomic mass is 9.71. The summed E-state index contributed by atoms with van der Waals surface area (Å²) in [5.41, 5.74) is 1.16. The van der Waals surface area contributed by atoms with Gasteiger partial charge in [-0.2, -0.15) is 12.7 Å². The van der Waals surface area contributed by atoms with Crippen molar-refractivity contribution in [1.82, 2.24) is 9.29 Å². The number of nitrogens with zero attached hydrogens (tertiary/aromatic N) is 2. The van der Waals surface area contributed by atoms with E-state index in [2.05, 4.69) is 10.3 Å². The van der Waals surface area contributed by atoms with Crippen molar-refractivity contribution in [1.29, 1.82) is 0 Å². The van der Waals surface area contributed by atoms with Gasteiger partial charge in [0.25, 0.3) is 10.2 Å². The van der Waals surface area contributed by atoms with Crippen LogP contribution < -0.4 is 15.2 Å². The minimum atomic E-state index is -3.88. The van der Waals surface area contributed by atoms with Crippen molar-refractivity contribution < 1.29 is 17.9 Å². The van der Waals surface area contributed by atoms with Gasteiger partial charge in [0.2, 0.25) is 5.91 Å². The normalized spacial score (nSPS) is 16.5. The van der Waals surface area contributed by atoms with Crippen LogP contribution in [0.1, 0.15) is 30.9 Å². The highest BCUT2D eigenvalue weighted by Crippen LogP contribution is 2.41. The molecule has 2 aromatic rings. The minimum absolute atomic E-state index is 0.0238. The molecule has 28 heavy (non-hydrogen) atoms. The maximum Gasteiger partial charge on any atom is 0.276 e. The molecule has 0 unspecified atom stereocenters. The van der Waals surface area contributed by atoms with Gasteiger partial charge in [-0.05, 0) is 17.0 Å². The Bertz CT molecular complexity index is 985. The van der Waals surface area contributed by atoms with Gasteiger partial charge in [0, 0.05) is 25.4 Å². The topological polar surface area (TPSA) is 115 Å². The molecule has 1 aliphatic heterocycles. The van der Waals surface area contributed by atoms with Crippen molar-refractivity contribution in [3.05, 3.63) is 53.9 Å². The number of carbonyl (C=O) groups excluding carboxylic acids is 1. The quantitative estimate of drug-likeness (QED) is 0.759. The molecule has 0 spiro atoms. The van der Waals surface area contributed by atoms with Crippen molar-refractivity contribution in [2.75, 3.05) is 25.5 Å². The molecule has 0 atom stereocenters. The van der Waals surface area contributed by atoms with Crippen molar-refractivity contribution in [2.45, 2.75) is 25.2 Å². The van der Waals surface area contributed by atoms with Gasteiger partial charge < -0.3 is 10.1 Å². The van der Waals surface area contributed by atoms with Crippen molar-refractivity contribution in [3.63, 3.8) is 0 Å². The first-order chi connectivity index (χ1) is 13.2. The van der Waals surface area contributed by atoms with Gasteiger partial charge in [-0.25, -0.2) is 5.14 Å². The highest BCUT2D eigenvalue weighted by molar-refractivity contribution is 7.86. The minimum Gasteiger partial charge on any atom is -0.494 e. The molecule has 1 saturated heterocycles. The number of amides is 1. The smallest absolute Gasteiger partial charge is 0.276 e. The Morgan fingerprint density at radius 1 is 1.29 bits per heavy atom. The van der Waals surface area contributed by atoms with E-state index in [-0.39, 0.29) is 24.9 Å². The summed E-state index contributed by atoms with van der Waals surface area (Å²) in [6.45, 7) is 4.02. The molecule has 0 aliphatic carbocycles. The van der Waals surface area contributed by atoms with Gasteiger partial charge in [0.1, 0.15) is 16.9 Å². The van der Waals surface area contributed by atoms with Crippen molar-refractivity contribution >= 4 is 21.8 Å². The second-order valence-electron chi connectivity index (χ2n) is 7.17. The molecule has 9 heteroatoms. The largest absolute Gasteiger partial charge is 0.494 e. The van der Waals surface area contributed by atoms with Gasteiger partial charge in [-0.15, -0.1) is 0 Å². The Morgan fingerprint density at radius 3 is 2.57 bits per heavy atom. The van der Waals surface area contributed by atoms with Crippen LogP contribution in [0.15, 0.2) is 42.7 Å². The summed E-state index contributed by atoms with van der Waals surface area (Å²) in [6.07, 6.45) is 3.05. The fraction of sp³-hybridized carbons (Fsp3) is 0.368. The first-order valence-corrected chi connectivity index (χ1v) is 10.4.